The van der Waals surface area contributed by atoms with Gasteiger partial charge in [-0.05, 0) is 0 Å². The first-order valence-electron chi connectivity index (χ1n) is 3.74. The minimum atomic E-state index is 0. The van der Waals surface area contributed by atoms with Crippen LogP contribution in [0.2, 0.25) is 0 Å². The SMILES string of the molecule is Cc1[c-]c2ccccc2cc1.[Y]. The van der Waals surface area contributed by atoms with Crippen molar-refractivity contribution in [2.24, 2.45) is 0 Å². The van der Waals surface area contributed by atoms with E-state index >= 15 is 0 Å². The van der Waals surface area contributed by atoms with Crippen LogP contribution >= 0.6 is 0 Å². The molecule has 0 atom stereocenters. The van der Waals surface area contributed by atoms with Crippen molar-refractivity contribution in [3.8, 4) is 0 Å². The van der Waals surface area contributed by atoms with Gasteiger partial charge in [-0.15, -0.1) is 46.7 Å². The van der Waals surface area contributed by atoms with E-state index in [0.717, 1.165) is 0 Å². The van der Waals surface area contributed by atoms with Gasteiger partial charge in [0.05, 0.1) is 0 Å². The van der Waals surface area contributed by atoms with E-state index in [0.29, 0.717) is 0 Å². The molecule has 0 spiro atoms. The molecule has 0 N–H and O–H groups in total. The molecule has 0 amide bonds. The minimum absolute atomic E-state index is 0. The maximum Gasteiger partial charge on any atom is 0 e. The molecule has 2 rings (SSSR count). The third kappa shape index (κ3) is 1.94. The molecule has 57 valence electrons. The normalized spacial score (nSPS) is 9.42. The van der Waals surface area contributed by atoms with Gasteiger partial charge in [-0.1, -0.05) is 19.1 Å². The first-order chi connectivity index (χ1) is 5.36. The second-order valence-electron chi connectivity index (χ2n) is 2.73. The van der Waals surface area contributed by atoms with Crippen LogP contribution in [0.15, 0.2) is 36.4 Å². The van der Waals surface area contributed by atoms with Crippen molar-refractivity contribution in [2.75, 3.05) is 0 Å². The average Bonchev–Trinajstić information content (AvgIpc) is 2.04. The summed E-state index contributed by atoms with van der Waals surface area (Å²) in [7, 11) is 0. The van der Waals surface area contributed by atoms with E-state index in [1.165, 1.54) is 16.3 Å². The zero-order chi connectivity index (χ0) is 7.68. The van der Waals surface area contributed by atoms with E-state index < -0.39 is 0 Å². The van der Waals surface area contributed by atoms with E-state index in [4.69, 9.17) is 0 Å². The molecule has 0 unspecified atom stereocenters. The minimum Gasteiger partial charge on any atom is -0.143 e. The van der Waals surface area contributed by atoms with Crippen LogP contribution < -0.4 is 0 Å². The van der Waals surface area contributed by atoms with Crippen LogP contribution in [0.25, 0.3) is 10.8 Å². The van der Waals surface area contributed by atoms with Crippen molar-refractivity contribution in [1.82, 2.24) is 0 Å². The van der Waals surface area contributed by atoms with Crippen molar-refractivity contribution < 1.29 is 32.7 Å². The molecule has 2 aromatic rings. The Morgan fingerprint density at radius 1 is 1.00 bits per heavy atom. The first-order valence-corrected chi connectivity index (χ1v) is 3.74. The molecule has 1 heteroatoms. The van der Waals surface area contributed by atoms with Crippen LogP contribution in [0.5, 0.6) is 0 Å². The Morgan fingerprint density at radius 2 is 1.75 bits per heavy atom. The van der Waals surface area contributed by atoms with Gasteiger partial charge in [0.2, 0.25) is 0 Å². The molecule has 12 heavy (non-hydrogen) atoms. The Bertz CT molecular complexity index is 379. The maximum absolute atomic E-state index is 3.29. The monoisotopic (exact) mass is 230 g/mol. The first kappa shape index (κ1) is 9.89. The Morgan fingerprint density at radius 3 is 2.58 bits per heavy atom. The molecule has 0 nitrogen and oxygen atoms in total. The molecule has 0 aromatic heterocycles. The van der Waals surface area contributed by atoms with E-state index in [1.54, 1.807) is 0 Å². The van der Waals surface area contributed by atoms with Gasteiger partial charge in [-0.25, -0.2) is 0 Å². The van der Waals surface area contributed by atoms with Crippen LogP contribution in [0.3, 0.4) is 0 Å². The number of rotatable bonds is 0. The number of hydrogen-bond donors (Lipinski definition) is 0. The number of aryl methyl sites for hydroxylation is 1. The summed E-state index contributed by atoms with van der Waals surface area (Å²) in [6, 6.07) is 15.8. The zero-order valence-electron chi connectivity index (χ0n) is 7.04. The number of benzene rings is 2. The molecule has 0 bridgehead atoms. The van der Waals surface area contributed by atoms with Gasteiger partial charge < -0.3 is 0 Å². The topological polar surface area (TPSA) is 0 Å². The summed E-state index contributed by atoms with van der Waals surface area (Å²) in [5, 5.41) is 2.46. The maximum atomic E-state index is 3.29. The second-order valence-corrected chi connectivity index (χ2v) is 2.73. The van der Waals surface area contributed by atoms with Crippen molar-refractivity contribution in [3.63, 3.8) is 0 Å². The second kappa shape index (κ2) is 4.16. The van der Waals surface area contributed by atoms with Crippen molar-refractivity contribution in [1.29, 1.82) is 0 Å². The third-order valence-corrected chi connectivity index (χ3v) is 1.81. The average molecular weight is 230 g/mol. The van der Waals surface area contributed by atoms with Crippen LogP contribution in [0, 0.1) is 13.0 Å². The summed E-state index contributed by atoms with van der Waals surface area (Å²) in [4.78, 5) is 0. The molecule has 0 saturated heterocycles. The summed E-state index contributed by atoms with van der Waals surface area (Å²) in [5.41, 5.74) is 1.20. The molecule has 1 radical (unpaired) electrons. The third-order valence-electron chi connectivity index (χ3n) is 1.81. The molecule has 0 saturated carbocycles. The van der Waals surface area contributed by atoms with E-state index in [9.17, 15) is 0 Å². The predicted octanol–water partition coefficient (Wildman–Crippen LogP) is 2.95. The summed E-state index contributed by atoms with van der Waals surface area (Å²) in [6.45, 7) is 2.06. The van der Waals surface area contributed by atoms with Gasteiger partial charge in [0, 0.05) is 32.7 Å². The number of hydrogen-bond acceptors (Lipinski definition) is 0. The Kier molecular flexibility index (Phi) is 3.43. The molecular weight excluding hydrogens is 221 g/mol. The van der Waals surface area contributed by atoms with Crippen LogP contribution in [0.1, 0.15) is 5.56 Å². The molecule has 0 heterocycles. The van der Waals surface area contributed by atoms with Crippen molar-refractivity contribution in [3.05, 3.63) is 48.0 Å². The van der Waals surface area contributed by atoms with Gasteiger partial charge in [0.15, 0.2) is 0 Å². The fourth-order valence-corrected chi connectivity index (χ4v) is 1.23. The molecule has 0 aliphatic heterocycles. The van der Waals surface area contributed by atoms with Crippen molar-refractivity contribution >= 4 is 10.8 Å². The fraction of sp³-hybridized carbons (Fsp3) is 0.0909. The summed E-state index contributed by atoms with van der Waals surface area (Å²) >= 11 is 0. The smallest absolute Gasteiger partial charge is 0 e. The molecule has 2 aromatic carbocycles. The Balaban J connectivity index is 0.000000720. The Labute approximate surface area is 97.9 Å². The van der Waals surface area contributed by atoms with Crippen LogP contribution in [-0.2, 0) is 32.7 Å². The number of fused-ring (bicyclic) bond motifs is 1. The van der Waals surface area contributed by atoms with Gasteiger partial charge in [0.1, 0.15) is 0 Å². The molecule has 0 aliphatic rings. The quantitative estimate of drug-likeness (QED) is 0.610. The van der Waals surface area contributed by atoms with Crippen LogP contribution in [-0.4, -0.2) is 0 Å². The largest absolute Gasteiger partial charge is 0.143 e. The standard InChI is InChI=1S/C11H9.Y/c1-9-6-7-10-4-2-3-5-11(10)8-9;/h2-7H,1H3;/q-1;. The molecule has 0 fully saturated rings. The Hall–Kier alpha value is -0.196. The van der Waals surface area contributed by atoms with Crippen LogP contribution in [0.4, 0.5) is 0 Å². The van der Waals surface area contributed by atoms with Crippen molar-refractivity contribution in [2.45, 2.75) is 6.92 Å². The fourth-order valence-electron chi connectivity index (χ4n) is 1.23. The predicted molar refractivity (Wildman–Crippen MR) is 47.5 cm³/mol. The van der Waals surface area contributed by atoms with E-state index in [2.05, 4.69) is 37.3 Å². The van der Waals surface area contributed by atoms with Gasteiger partial charge >= 0.3 is 0 Å². The van der Waals surface area contributed by atoms with Gasteiger partial charge in [-0.2, -0.15) is 0 Å². The molecular formula is C11H9Y-. The van der Waals surface area contributed by atoms with E-state index in [-0.39, 0.29) is 32.7 Å². The zero-order valence-corrected chi connectivity index (χ0v) is 9.88. The summed E-state index contributed by atoms with van der Waals surface area (Å²) in [6.07, 6.45) is 0. The summed E-state index contributed by atoms with van der Waals surface area (Å²) in [5.74, 6) is 0. The van der Waals surface area contributed by atoms with Gasteiger partial charge in [0.25, 0.3) is 0 Å². The van der Waals surface area contributed by atoms with Gasteiger partial charge in [-0.3, -0.25) is 0 Å². The van der Waals surface area contributed by atoms with E-state index in [1.807, 2.05) is 12.1 Å². The molecule has 0 aliphatic carbocycles. The summed E-state index contributed by atoms with van der Waals surface area (Å²) < 4.78 is 0.